The molecule has 22 heavy (non-hydrogen) atoms. The summed E-state index contributed by atoms with van der Waals surface area (Å²) in [6.07, 6.45) is 8.81. The van der Waals surface area contributed by atoms with Crippen LogP contribution in [-0.2, 0) is 11.2 Å². The molecule has 1 N–H and O–H groups in total. The molecule has 2 rings (SSSR count). The first-order valence-electron chi connectivity index (χ1n) is 8.16. The molecule has 4 heteroatoms. The predicted octanol–water partition coefficient (Wildman–Crippen LogP) is 3.50. The highest BCUT2D eigenvalue weighted by molar-refractivity contribution is 5.87. The van der Waals surface area contributed by atoms with Crippen molar-refractivity contribution in [2.45, 2.75) is 57.4 Å². The fraction of sp³-hybridized carbons (Fsp3) is 0.556. The molecule has 0 aromatic heterocycles. The highest BCUT2D eigenvalue weighted by Gasteiger charge is 2.20. The lowest BCUT2D eigenvalue weighted by Crippen LogP contribution is -2.38. The number of hydrogen-bond acceptors (Lipinski definition) is 2. The quantitative estimate of drug-likeness (QED) is 0.926. The van der Waals surface area contributed by atoms with Crippen LogP contribution in [-0.4, -0.2) is 35.0 Å². The Kier molecular flexibility index (Phi) is 5.99. The number of amides is 1. The Hall–Kier alpha value is -1.84. The summed E-state index contributed by atoms with van der Waals surface area (Å²) in [6, 6.07) is 6.92. The maximum Gasteiger partial charge on any atom is 0.335 e. The van der Waals surface area contributed by atoms with E-state index in [9.17, 15) is 9.59 Å². The lowest BCUT2D eigenvalue weighted by molar-refractivity contribution is -0.131. The van der Waals surface area contributed by atoms with Crippen molar-refractivity contribution in [3.05, 3.63) is 35.4 Å². The van der Waals surface area contributed by atoms with Gasteiger partial charge in [0.1, 0.15) is 0 Å². The molecule has 4 nitrogen and oxygen atoms in total. The van der Waals surface area contributed by atoms with Crippen LogP contribution in [0.1, 0.15) is 60.9 Å². The SMILES string of the molecule is CN(C(=O)Cc1ccc(C(=O)O)cc1)C1CCCCCCC1. The van der Waals surface area contributed by atoms with Crippen molar-refractivity contribution in [3.8, 4) is 0 Å². The predicted molar refractivity (Wildman–Crippen MR) is 86.0 cm³/mol. The molecule has 0 unspecified atom stereocenters. The van der Waals surface area contributed by atoms with E-state index in [4.69, 9.17) is 5.11 Å². The van der Waals surface area contributed by atoms with Crippen LogP contribution in [0, 0.1) is 0 Å². The minimum absolute atomic E-state index is 0.119. The van der Waals surface area contributed by atoms with Crippen LogP contribution in [0.3, 0.4) is 0 Å². The van der Waals surface area contributed by atoms with Crippen LogP contribution in [0.15, 0.2) is 24.3 Å². The normalized spacial score (nSPS) is 16.6. The molecule has 0 aliphatic heterocycles. The number of aromatic carboxylic acids is 1. The summed E-state index contributed by atoms with van der Waals surface area (Å²) in [5.41, 5.74) is 1.12. The lowest BCUT2D eigenvalue weighted by atomic mass is 9.95. The summed E-state index contributed by atoms with van der Waals surface area (Å²) < 4.78 is 0. The van der Waals surface area contributed by atoms with Crippen molar-refractivity contribution < 1.29 is 14.7 Å². The smallest absolute Gasteiger partial charge is 0.335 e. The van der Waals surface area contributed by atoms with E-state index in [0.717, 1.165) is 18.4 Å². The Balaban J connectivity index is 1.93. The van der Waals surface area contributed by atoms with Gasteiger partial charge in [-0.15, -0.1) is 0 Å². The van der Waals surface area contributed by atoms with E-state index in [0.29, 0.717) is 12.5 Å². The van der Waals surface area contributed by atoms with Gasteiger partial charge in [0.05, 0.1) is 12.0 Å². The fourth-order valence-corrected chi connectivity index (χ4v) is 3.09. The Labute approximate surface area is 132 Å². The number of benzene rings is 1. The Morgan fingerprint density at radius 1 is 1.05 bits per heavy atom. The van der Waals surface area contributed by atoms with E-state index in [2.05, 4.69) is 0 Å². The zero-order valence-corrected chi connectivity index (χ0v) is 13.3. The highest BCUT2D eigenvalue weighted by atomic mass is 16.4. The van der Waals surface area contributed by atoms with Gasteiger partial charge < -0.3 is 10.0 Å². The second-order valence-electron chi connectivity index (χ2n) is 6.18. The van der Waals surface area contributed by atoms with Gasteiger partial charge in [0.15, 0.2) is 0 Å². The Morgan fingerprint density at radius 2 is 1.59 bits per heavy atom. The molecule has 1 amide bonds. The Bertz CT molecular complexity index is 502. The largest absolute Gasteiger partial charge is 0.478 e. The maximum atomic E-state index is 12.4. The molecular weight excluding hydrogens is 278 g/mol. The molecule has 1 saturated carbocycles. The van der Waals surface area contributed by atoms with Gasteiger partial charge in [-0.05, 0) is 30.5 Å². The summed E-state index contributed by atoms with van der Waals surface area (Å²) >= 11 is 0. The molecule has 0 bridgehead atoms. The fourth-order valence-electron chi connectivity index (χ4n) is 3.09. The molecule has 0 spiro atoms. The zero-order valence-electron chi connectivity index (χ0n) is 13.3. The number of likely N-dealkylation sites (N-methyl/N-ethyl adjacent to an activating group) is 1. The third-order valence-electron chi connectivity index (χ3n) is 4.57. The number of carbonyl (C=O) groups is 2. The van der Waals surface area contributed by atoms with Crippen LogP contribution in [0.25, 0.3) is 0 Å². The van der Waals surface area contributed by atoms with E-state index in [1.807, 2.05) is 11.9 Å². The van der Waals surface area contributed by atoms with E-state index in [1.165, 1.54) is 32.1 Å². The van der Waals surface area contributed by atoms with Crippen molar-refractivity contribution in [1.29, 1.82) is 0 Å². The number of carbonyl (C=O) groups excluding carboxylic acids is 1. The van der Waals surface area contributed by atoms with Gasteiger partial charge in [-0.2, -0.15) is 0 Å². The standard InChI is InChI=1S/C18H25NO3/c1-19(16-7-5-3-2-4-6-8-16)17(20)13-14-9-11-15(12-10-14)18(21)22/h9-12,16H,2-8,13H2,1H3,(H,21,22). The summed E-state index contributed by atoms with van der Waals surface area (Å²) in [4.78, 5) is 25.2. The summed E-state index contributed by atoms with van der Waals surface area (Å²) in [7, 11) is 1.90. The molecule has 0 heterocycles. The van der Waals surface area contributed by atoms with E-state index >= 15 is 0 Å². The van der Waals surface area contributed by atoms with E-state index in [-0.39, 0.29) is 11.5 Å². The van der Waals surface area contributed by atoms with Crippen LogP contribution in [0.2, 0.25) is 0 Å². The number of rotatable bonds is 4. The first kappa shape index (κ1) is 16.5. The zero-order chi connectivity index (χ0) is 15.9. The summed E-state index contributed by atoms with van der Waals surface area (Å²) in [5.74, 6) is -0.821. The molecule has 0 radical (unpaired) electrons. The molecule has 120 valence electrons. The summed E-state index contributed by atoms with van der Waals surface area (Å²) in [5, 5.41) is 8.89. The molecule has 1 aliphatic rings. The van der Waals surface area contributed by atoms with Crippen LogP contribution >= 0.6 is 0 Å². The molecule has 0 atom stereocenters. The second-order valence-corrected chi connectivity index (χ2v) is 6.18. The van der Waals surface area contributed by atoms with Crippen molar-refractivity contribution in [2.75, 3.05) is 7.05 Å². The monoisotopic (exact) mass is 303 g/mol. The average Bonchev–Trinajstić information content (AvgIpc) is 2.47. The van der Waals surface area contributed by atoms with Gasteiger partial charge in [-0.3, -0.25) is 4.79 Å². The number of carboxylic acids is 1. The number of nitrogens with zero attached hydrogens (tertiary/aromatic N) is 1. The molecule has 1 aromatic rings. The van der Waals surface area contributed by atoms with Crippen molar-refractivity contribution in [3.63, 3.8) is 0 Å². The van der Waals surface area contributed by atoms with Crippen LogP contribution < -0.4 is 0 Å². The van der Waals surface area contributed by atoms with Crippen LogP contribution in [0.5, 0.6) is 0 Å². The highest BCUT2D eigenvalue weighted by Crippen LogP contribution is 2.21. The summed E-state index contributed by atoms with van der Waals surface area (Å²) in [6.45, 7) is 0. The van der Waals surface area contributed by atoms with Gasteiger partial charge in [-0.25, -0.2) is 4.79 Å². The molecular formula is C18H25NO3. The van der Waals surface area contributed by atoms with E-state index < -0.39 is 5.97 Å². The molecule has 1 aromatic carbocycles. The van der Waals surface area contributed by atoms with Crippen molar-refractivity contribution in [1.82, 2.24) is 4.90 Å². The van der Waals surface area contributed by atoms with Gasteiger partial charge in [0.2, 0.25) is 5.91 Å². The van der Waals surface area contributed by atoms with Gasteiger partial charge in [0.25, 0.3) is 0 Å². The lowest BCUT2D eigenvalue weighted by Gasteiger charge is -2.30. The number of hydrogen-bond donors (Lipinski definition) is 1. The third-order valence-corrected chi connectivity index (χ3v) is 4.57. The van der Waals surface area contributed by atoms with Crippen molar-refractivity contribution >= 4 is 11.9 Å². The molecule has 0 saturated heterocycles. The second kappa shape index (κ2) is 7.97. The van der Waals surface area contributed by atoms with Crippen molar-refractivity contribution in [2.24, 2.45) is 0 Å². The van der Waals surface area contributed by atoms with Gasteiger partial charge >= 0.3 is 5.97 Å². The topological polar surface area (TPSA) is 57.6 Å². The maximum absolute atomic E-state index is 12.4. The minimum atomic E-state index is -0.940. The minimum Gasteiger partial charge on any atom is -0.478 e. The number of carboxylic acid groups (broad SMARTS) is 1. The van der Waals surface area contributed by atoms with Gasteiger partial charge in [-0.1, -0.05) is 44.2 Å². The van der Waals surface area contributed by atoms with E-state index in [1.54, 1.807) is 24.3 Å². The third kappa shape index (κ3) is 4.58. The van der Waals surface area contributed by atoms with Crippen LogP contribution in [0.4, 0.5) is 0 Å². The average molecular weight is 303 g/mol. The first-order chi connectivity index (χ1) is 10.6. The molecule has 1 fully saturated rings. The Morgan fingerprint density at radius 3 is 2.14 bits per heavy atom. The first-order valence-corrected chi connectivity index (χ1v) is 8.16. The van der Waals surface area contributed by atoms with Gasteiger partial charge in [0, 0.05) is 13.1 Å². The molecule has 1 aliphatic carbocycles.